The molecule has 1 fully saturated rings. The SMILES string of the molecule is CN(Cc1ccc(N2CCOCC2)cc1)C(=O)c1occc1COc1ccccc1. The molecule has 3 aromatic rings. The molecule has 1 aromatic heterocycles. The van der Waals surface area contributed by atoms with Gasteiger partial charge in [0.25, 0.3) is 5.91 Å². The van der Waals surface area contributed by atoms with Crippen LogP contribution in [-0.2, 0) is 17.9 Å². The second-order valence-electron chi connectivity index (χ2n) is 7.30. The Kier molecular flexibility index (Phi) is 6.35. The summed E-state index contributed by atoms with van der Waals surface area (Å²) in [6, 6.07) is 19.6. The van der Waals surface area contributed by atoms with Gasteiger partial charge in [-0.25, -0.2) is 0 Å². The number of para-hydroxylation sites is 1. The Balaban J connectivity index is 1.36. The highest BCUT2D eigenvalue weighted by atomic mass is 16.5. The van der Waals surface area contributed by atoms with Crippen molar-refractivity contribution in [3.05, 3.63) is 83.8 Å². The van der Waals surface area contributed by atoms with Crippen LogP contribution in [0.25, 0.3) is 0 Å². The maximum Gasteiger partial charge on any atom is 0.290 e. The monoisotopic (exact) mass is 406 g/mol. The number of anilines is 1. The van der Waals surface area contributed by atoms with Gasteiger partial charge in [-0.05, 0) is 35.9 Å². The average molecular weight is 406 g/mol. The summed E-state index contributed by atoms with van der Waals surface area (Å²) < 4.78 is 16.7. The molecule has 0 spiro atoms. The second kappa shape index (κ2) is 9.50. The Morgan fingerprint density at radius 2 is 1.77 bits per heavy atom. The molecule has 1 aliphatic heterocycles. The molecule has 1 amide bonds. The maximum atomic E-state index is 12.9. The van der Waals surface area contributed by atoms with Crippen molar-refractivity contribution in [1.29, 1.82) is 0 Å². The molecule has 0 N–H and O–H groups in total. The van der Waals surface area contributed by atoms with Gasteiger partial charge in [-0.15, -0.1) is 0 Å². The summed E-state index contributed by atoms with van der Waals surface area (Å²) in [4.78, 5) is 16.9. The predicted octanol–water partition coefficient (Wildman–Crippen LogP) is 3.97. The number of carbonyl (C=O) groups is 1. The minimum Gasteiger partial charge on any atom is -0.489 e. The van der Waals surface area contributed by atoms with Crippen LogP contribution in [0, 0.1) is 0 Å². The van der Waals surface area contributed by atoms with Crippen LogP contribution in [0.1, 0.15) is 21.7 Å². The molecule has 30 heavy (non-hydrogen) atoms. The van der Waals surface area contributed by atoms with E-state index in [1.54, 1.807) is 18.0 Å². The fraction of sp³-hybridized carbons (Fsp3) is 0.292. The van der Waals surface area contributed by atoms with Gasteiger partial charge in [0.2, 0.25) is 0 Å². The Bertz CT molecular complexity index is 947. The van der Waals surface area contributed by atoms with Gasteiger partial charge in [0, 0.05) is 37.9 Å². The van der Waals surface area contributed by atoms with Gasteiger partial charge in [-0.1, -0.05) is 30.3 Å². The van der Waals surface area contributed by atoms with Crippen molar-refractivity contribution in [3.63, 3.8) is 0 Å². The van der Waals surface area contributed by atoms with E-state index in [4.69, 9.17) is 13.9 Å². The molecule has 1 saturated heterocycles. The standard InChI is InChI=1S/C24H26N2O4/c1-25(17-19-7-9-21(10-8-19)26-12-15-28-16-13-26)24(27)23-20(11-14-29-23)18-30-22-5-3-2-4-6-22/h2-11,14H,12-13,15-18H2,1H3. The van der Waals surface area contributed by atoms with Gasteiger partial charge in [0.15, 0.2) is 5.76 Å². The van der Waals surface area contributed by atoms with Gasteiger partial charge < -0.3 is 23.7 Å². The normalized spacial score (nSPS) is 13.8. The fourth-order valence-electron chi connectivity index (χ4n) is 3.47. The van der Waals surface area contributed by atoms with Crippen LogP contribution in [0.15, 0.2) is 71.3 Å². The second-order valence-corrected chi connectivity index (χ2v) is 7.30. The number of furan rings is 1. The molecule has 0 bridgehead atoms. The van der Waals surface area contributed by atoms with E-state index in [0.29, 0.717) is 12.3 Å². The van der Waals surface area contributed by atoms with Gasteiger partial charge in [0.05, 0.1) is 19.5 Å². The van der Waals surface area contributed by atoms with Crippen LogP contribution in [0.3, 0.4) is 0 Å². The van der Waals surface area contributed by atoms with Crippen LogP contribution in [-0.4, -0.2) is 44.2 Å². The van der Waals surface area contributed by atoms with E-state index < -0.39 is 0 Å². The predicted molar refractivity (Wildman–Crippen MR) is 115 cm³/mol. The van der Waals surface area contributed by atoms with Crippen molar-refractivity contribution in [3.8, 4) is 5.75 Å². The van der Waals surface area contributed by atoms with E-state index >= 15 is 0 Å². The number of benzene rings is 2. The summed E-state index contributed by atoms with van der Waals surface area (Å²) in [5.74, 6) is 0.910. The van der Waals surface area contributed by atoms with Gasteiger partial charge >= 0.3 is 0 Å². The largest absolute Gasteiger partial charge is 0.489 e. The summed E-state index contributed by atoms with van der Waals surface area (Å²) in [6.07, 6.45) is 1.53. The lowest BCUT2D eigenvalue weighted by molar-refractivity contribution is 0.0749. The molecule has 2 aromatic carbocycles. The molecule has 156 valence electrons. The van der Waals surface area contributed by atoms with E-state index in [1.165, 1.54) is 12.0 Å². The van der Waals surface area contributed by atoms with Crippen LogP contribution in [0.2, 0.25) is 0 Å². The third kappa shape index (κ3) is 4.83. The first-order chi connectivity index (χ1) is 14.7. The zero-order valence-corrected chi connectivity index (χ0v) is 17.1. The Morgan fingerprint density at radius 3 is 2.50 bits per heavy atom. The molecule has 2 heterocycles. The summed E-state index contributed by atoms with van der Waals surface area (Å²) >= 11 is 0. The summed E-state index contributed by atoms with van der Waals surface area (Å²) in [6.45, 7) is 4.12. The number of carbonyl (C=O) groups excluding carboxylic acids is 1. The number of ether oxygens (including phenoxy) is 2. The zero-order valence-electron chi connectivity index (χ0n) is 17.1. The fourth-order valence-corrected chi connectivity index (χ4v) is 3.47. The van der Waals surface area contributed by atoms with E-state index in [0.717, 1.165) is 43.2 Å². The van der Waals surface area contributed by atoms with Crippen LogP contribution >= 0.6 is 0 Å². The van der Waals surface area contributed by atoms with Gasteiger partial charge in [0.1, 0.15) is 12.4 Å². The highest BCUT2D eigenvalue weighted by Crippen LogP contribution is 2.20. The number of hydrogen-bond donors (Lipinski definition) is 0. The maximum absolute atomic E-state index is 12.9. The summed E-state index contributed by atoms with van der Waals surface area (Å²) in [5, 5.41) is 0. The first kappa shape index (κ1) is 20.0. The van der Waals surface area contributed by atoms with Crippen molar-refractivity contribution < 1.29 is 18.7 Å². The Hall–Kier alpha value is -3.25. The number of hydrogen-bond acceptors (Lipinski definition) is 5. The molecular weight excluding hydrogens is 380 g/mol. The number of morpholine rings is 1. The van der Waals surface area contributed by atoms with E-state index in [1.807, 2.05) is 30.3 Å². The lowest BCUT2D eigenvalue weighted by Gasteiger charge is -2.29. The van der Waals surface area contributed by atoms with Crippen LogP contribution < -0.4 is 9.64 Å². The molecule has 1 aliphatic rings. The quantitative estimate of drug-likeness (QED) is 0.594. The first-order valence-electron chi connectivity index (χ1n) is 10.1. The zero-order chi connectivity index (χ0) is 20.8. The molecule has 4 rings (SSSR count). The average Bonchev–Trinajstić information content (AvgIpc) is 3.27. The highest BCUT2D eigenvalue weighted by Gasteiger charge is 2.20. The molecule has 0 saturated carbocycles. The lowest BCUT2D eigenvalue weighted by atomic mass is 10.1. The number of nitrogens with zero attached hydrogens (tertiary/aromatic N) is 2. The van der Waals surface area contributed by atoms with E-state index in [9.17, 15) is 4.79 Å². The van der Waals surface area contributed by atoms with Crippen molar-refractivity contribution in [2.45, 2.75) is 13.2 Å². The van der Waals surface area contributed by atoms with Crippen LogP contribution in [0.5, 0.6) is 5.75 Å². The van der Waals surface area contributed by atoms with Crippen molar-refractivity contribution >= 4 is 11.6 Å². The van der Waals surface area contributed by atoms with Crippen molar-refractivity contribution in [1.82, 2.24) is 4.90 Å². The summed E-state index contributed by atoms with van der Waals surface area (Å²) in [7, 11) is 1.78. The minimum atomic E-state index is -0.163. The molecule has 0 aliphatic carbocycles. The minimum absolute atomic E-state index is 0.163. The first-order valence-corrected chi connectivity index (χ1v) is 10.1. The van der Waals surface area contributed by atoms with E-state index in [-0.39, 0.29) is 12.5 Å². The molecular formula is C24H26N2O4. The van der Waals surface area contributed by atoms with Crippen molar-refractivity contribution in [2.24, 2.45) is 0 Å². The van der Waals surface area contributed by atoms with E-state index in [2.05, 4.69) is 29.2 Å². The topological polar surface area (TPSA) is 55.2 Å². The molecule has 6 nitrogen and oxygen atoms in total. The third-order valence-corrected chi connectivity index (χ3v) is 5.16. The number of rotatable bonds is 7. The molecule has 0 radical (unpaired) electrons. The van der Waals surface area contributed by atoms with Crippen LogP contribution in [0.4, 0.5) is 5.69 Å². The molecule has 6 heteroatoms. The smallest absolute Gasteiger partial charge is 0.290 e. The van der Waals surface area contributed by atoms with Gasteiger partial charge in [-0.2, -0.15) is 0 Å². The lowest BCUT2D eigenvalue weighted by Crippen LogP contribution is -2.36. The Labute approximate surface area is 176 Å². The summed E-state index contributed by atoms with van der Waals surface area (Å²) in [5.41, 5.74) is 2.98. The molecule has 0 unspecified atom stereocenters. The third-order valence-electron chi connectivity index (χ3n) is 5.16. The molecule has 0 atom stereocenters. The highest BCUT2D eigenvalue weighted by molar-refractivity contribution is 5.92. The van der Waals surface area contributed by atoms with Gasteiger partial charge in [-0.3, -0.25) is 4.79 Å². The number of amides is 1. The van der Waals surface area contributed by atoms with Crippen molar-refractivity contribution in [2.75, 3.05) is 38.3 Å². The Morgan fingerprint density at radius 1 is 1.03 bits per heavy atom.